The molecule has 5 nitrogen and oxygen atoms in total. The van der Waals surface area contributed by atoms with Gasteiger partial charge in [0, 0.05) is 22.1 Å². The predicted octanol–water partition coefficient (Wildman–Crippen LogP) is 6.53. The molecule has 2 N–H and O–H groups in total. The highest BCUT2D eigenvalue weighted by molar-refractivity contribution is 8.00. The van der Waals surface area contributed by atoms with Crippen LogP contribution >= 0.6 is 11.8 Å². The summed E-state index contributed by atoms with van der Waals surface area (Å²) < 4.78 is 49.9. The van der Waals surface area contributed by atoms with E-state index in [0.29, 0.717) is 27.3 Å². The van der Waals surface area contributed by atoms with Crippen molar-refractivity contribution < 1.29 is 37.7 Å². The minimum Gasteiger partial charge on any atom is -0.508 e. The van der Waals surface area contributed by atoms with E-state index in [4.69, 9.17) is 9.84 Å². The summed E-state index contributed by atoms with van der Waals surface area (Å²) in [6, 6.07) is 17.3. The van der Waals surface area contributed by atoms with Crippen molar-refractivity contribution in [2.45, 2.75) is 29.0 Å². The van der Waals surface area contributed by atoms with Crippen molar-refractivity contribution >= 4 is 23.8 Å². The summed E-state index contributed by atoms with van der Waals surface area (Å²) in [4.78, 5) is 11.4. The molecule has 0 aromatic heterocycles. The van der Waals surface area contributed by atoms with Crippen molar-refractivity contribution in [2.24, 2.45) is 0 Å². The van der Waals surface area contributed by atoms with Crippen LogP contribution in [-0.4, -0.2) is 22.5 Å². The molecule has 1 heterocycles. The van der Waals surface area contributed by atoms with Gasteiger partial charge in [0.05, 0.1) is 5.25 Å². The second-order valence-electron chi connectivity index (χ2n) is 7.71. The molecule has 4 rings (SSSR count). The first-order valence-corrected chi connectivity index (χ1v) is 11.0. The largest absolute Gasteiger partial charge is 0.573 e. The zero-order chi connectivity index (χ0) is 24.5. The average Bonchev–Trinajstić information content (AvgIpc) is 3.03. The summed E-state index contributed by atoms with van der Waals surface area (Å²) in [6.45, 7) is 1.77. The Morgan fingerprint density at radius 2 is 1.79 bits per heavy atom. The first kappa shape index (κ1) is 23.6. The van der Waals surface area contributed by atoms with E-state index in [2.05, 4.69) is 4.74 Å². The summed E-state index contributed by atoms with van der Waals surface area (Å²) in [5, 5.41) is 18.1. The minimum atomic E-state index is -4.86. The van der Waals surface area contributed by atoms with Crippen LogP contribution in [0.15, 0.2) is 77.7 Å². The second-order valence-corrected chi connectivity index (χ2v) is 8.86. The Kier molecular flexibility index (Phi) is 6.22. The van der Waals surface area contributed by atoms with Crippen molar-refractivity contribution in [1.82, 2.24) is 0 Å². The van der Waals surface area contributed by atoms with Gasteiger partial charge in [-0.15, -0.1) is 24.9 Å². The number of fused-ring (bicyclic) bond motifs is 1. The molecule has 0 aliphatic carbocycles. The Labute approximate surface area is 197 Å². The molecule has 0 saturated heterocycles. The van der Waals surface area contributed by atoms with Crippen molar-refractivity contribution in [3.05, 3.63) is 89.5 Å². The molecule has 2 atom stereocenters. The lowest BCUT2D eigenvalue weighted by molar-refractivity contribution is -0.275. The van der Waals surface area contributed by atoms with Crippen molar-refractivity contribution in [3.63, 3.8) is 0 Å². The average molecular weight is 488 g/mol. The molecular weight excluding hydrogens is 469 g/mol. The fourth-order valence-electron chi connectivity index (χ4n) is 3.84. The van der Waals surface area contributed by atoms with Gasteiger partial charge in [-0.2, -0.15) is 0 Å². The second kappa shape index (κ2) is 8.98. The number of aliphatic carboxylic acids is 1. The van der Waals surface area contributed by atoms with Crippen LogP contribution in [0.3, 0.4) is 0 Å². The van der Waals surface area contributed by atoms with E-state index >= 15 is 0 Å². The number of carboxylic acid groups (broad SMARTS) is 1. The number of rotatable bonds is 6. The summed E-state index contributed by atoms with van der Waals surface area (Å²) in [5.74, 6) is -0.925. The zero-order valence-corrected chi connectivity index (χ0v) is 18.6. The summed E-state index contributed by atoms with van der Waals surface area (Å²) in [5.41, 5.74) is 0.532. The summed E-state index contributed by atoms with van der Waals surface area (Å²) in [7, 11) is 0. The van der Waals surface area contributed by atoms with Crippen LogP contribution in [0.4, 0.5) is 13.2 Å². The maximum Gasteiger partial charge on any atom is 0.573 e. The fraction of sp³-hybridized carbons (Fsp3) is 0.160. The number of aromatic hydroxyl groups is 1. The number of phenols is 1. The molecule has 0 bridgehead atoms. The maximum absolute atomic E-state index is 13.1. The third-order valence-electron chi connectivity index (χ3n) is 5.30. The number of hydrogen-bond donors (Lipinski definition) is 2. The minimum absolute atomic E-state index is 0.0312. The first-order valence-electron chi connectivity index (χ1n) is 10.1. The van der Waals surface area contributed by atoms with E-state index < -0.39 is 23.2 Å². The molecule has 0 spiro atoms. The molecule has 34 heavy (non-hydrogen) atoms. The normalized spacial score (nSPS) is 19.7. The molecule has 9 heteroatoms. The van der Waals surface area contributed by atoms with E-state index in [1.807, 2.05) is 0 Å². The quantitative estimate of drug-likeness (QED) is 0.384. The number of ether oxygens (including phenoxy) is 2. The van der Waals surface area contributed by atoms with Crippen LogP contribution in [-0.2, 0) is 10.4 Å². The van der Waals surface area contributed by atoms with E-state index in [-0.39, 0.29) is 11.5 Å². The predicted molar refractivity (Wildman–Crippen MR) is 121 cm³/mol. The standard InChI is InChI=1S/C25H19F3O5S/c1-24(32-17-10-6-15(7-11-17)8-13-22(30)31)19-12-9-16(29)14-21(19)34-23(24)18-4-2-3-5-20(18)33-25(26,27)28/h2-14,23,29H,1H3,(H,30,31)/b13-8+. The van der Waals surface area contributed by atoms with E-state index in [1.165, 1.54) is 36.0 Å². The van der Waals surface area contributed by atoms with Crippen LogP contribution in [0.2, 0.25) is 0 Å². The topological polar surface area (TPSA) is 76.0 Å². The number of hydrogen-bond acceptors (Lipinski definition) is 5. The van der Waals surface area contributed by atoms with Gasteiger partial charge in [-0.1, -0.05) is 36.4 Å². The lowest BCUT2D eigenvalue weighted by Gasteiger charge is -2.34. The number of para-hydroxylation sites is 1. The van der Waals surface area contributed by atoms with Gasteiger partial charge in [-0.25, -0.2) is 4.79 Å². The Balaban J connectivity index is 1.74. The van der Waals surface area contributed by atoms with Crippen molar-refractivity contribution in [1.29, 1.82) is 0 Å². The molecule has 1 aliphatic rings. The van der Waals surface area contributed by atoms with E-state index in [9.17, 15) is 23.1 Å². The smallest absolute Gasteiger partial charge is 0.508 e. The highest BCUT2D eigenvalue weighted by atomic mass is 32.2. The summed E-state index contributed by atoms with van der Waals surface area (Å²) >= 11 is 1.28. The first-order chi connectivity index (χ1) is 16.0. The molecule has 0 radical (unpaired) electrons. The molecule has 0 amide bonds. The van der Waals surface area contributed by atoms with Crippen LogP contribution in [0, 0.1) is 0 Å². The van der Waals surface area contributed by atoms with Crippen molar-refractivity contribution in [3.8, 4) is 17.2 Å². The lowest BCUT2D eigenvalue weighted by atomic mass is 9.88. The van der Waals surface area contributed by atoms with Crippen LogP contribution in [0.25, 0.3) is 6.08 Å². The third-order valence-corrected chi connectivity index (χ3v) is 6.83. The van der Waals surface area contributed by atoms with Gasteiger partial charge in [0.15, 0.2) is 0 Å². The Hall–Kier alpha value is -3.59. The van der Waals surface area contributed by atoms with Gasteiger partial charge >= 0.3 is 12.3 Å². The number of halogens is 3. The number of carboxylic acids is 1. The molecule has 3 aromatic carbocycles. The number of benzene rings is 3. The van der Waals surface area contributed by atoms with Crippen LogP contribution in [0.5, 0.6) is 17.2 Å². The van der Waals surface area contributed by atoms with Crippen molar-refractivity contribution in [2.75, 3.05) is 0 Å². The highest BCUT2D eigenvalue weighted by Gasteiger charge is 2.49. The van der Waals surface area contributed by atoms with Gasteiger partial charge < -0.3 is 19.7 Å². The molecule has 0 fully saturated rings. The highest BCUT2D eigenvalue weighted by Crippen LogP contribution is 2.60. The Morgan fingerprint density at radius 3 is 2.47 bits per heavy atom. The Bertz CT molecular complexity index is 1240. The monoisotopic (exact) mass is 488 g/mol. The maximum atomic E-state index is 13.1. The summed E-state index contributed by atoms with van der Waals surface area (Å²) in [6.07, 6.45) is -2.41. The molecule has 1 aliphatic heterocycles. The third kappa shape index (κ3) is 4.99. The zero-order valence-electron chi connectivity index (χ0n) is 17.7. The fourth-order valence-corrected chi connectivity index (χ4v) is 5.40. The number of thioether (sulfide) groups is 1. The SMILES string of the molecule is CC1(Oc2ccc(/C=C/C(=O)O)cc2)c2ccc(O)cc2SC1c1ccccc1OC(F)(F)F. The van der Waals surface area contributed by atoms with Crippen LogP contribution in [0.1, 0.15) is 28.9 Å². The number of carbonyl (C=O) groups is 1. The Morgan fingerprint density at radius 1 is 1.09 bits per heavy atom. The molecule has 2 unspecified atom stereocenters. The van der Waals surface area contributed by atoms with Gasteiger partial charge in [0.1, 0.15) is 22.8 Å². The van der Waals surface area contributed by atoms with Gasteiger partial charge in [-0.05, 0) is 48.9 Å². The molecule has 176 valence electrons. The molecule has 0 saturated carbocycles. The molecular formula is C25H19F3O5S. The van der Waals surface area contributed by atoms with Gasteiger partial charge in [0.2, 0.25) is 0 Å². The lowest BCUT2D eigenvalue weighted by Crippen LogP contribution is -2.32. The van der Waals surface area contributed by atoms with E-state index in [0.717, 1.165) is 6.08 Å². The van der Waals surface area contributed by atoms with E-state index in [1.54, 1.807) is 55.5 Å². The van der Waals surface area contributed by atoms with Crippen LogP contribution < -0.4 is 9.47 Å². The van der Waals surface area contributed by atoms with Gasteiger partial charge in [0.25, 0.3) is 0 Å². The van der Waals surface area contributed by atoms with Gasteiger partial charge in [-0.3, -0.25) is 0 Å². The number of alkyl halides is 3. The molecule has 3 aromatic rings. The number of phenolic OH excluding ortho intramolecular Hbond substituents is 1.